The molecule has 4 heteroatoms. The average Bonchev–Trinajstić information content (AvgIpc) is 2.60. The number of nitrogens with zero attached hydrogens (tertiary/aromatic N) is 3. The molecule has 2 aliphatic rings. The Labute approximate surface area is 148 Å². The minimum Gasteiger partial charge on any atom is -0.420 e. The number of rotatable bonds is 1. The summed E-state index contributed by atoms with van der Waals surface area (Å²) in [5.74, 6) is 1.35. The molecule has 0 saturated heterocycles. The molecule has 2 heterocycles. The number of benzene rings is 2. The zero-order chi connectivity index (χ0) is 17.4. The van der Waals surface area contributed by atoms with Crippen molar-refractivity contribution in [1.82, 2.24) is 5.01 Å². The van der Waals surface area contributed by atoms with Gasteiger partial charge in [0.05, 0.1) is 5.54 Å². The first kappa shape index (κ1) is 15.9. The zero-order valence-electron chi connectivity index (χ0n) is 14.9. The maximum Gasteiger partial charge on any atom is 0.245 e. The minimum absolute atomic E-state index is 0.0448. The predicted molar refractivity (Wildman–Crippen MR) is 101 cm³/mol. The topological polar surface area (TPSA) is 37.2 Å². The Morgan fingerprint density at radius 3 is 2.52 bits per heavy atom. The van der Waals surface area contributed by atoms with E-state index in [4.69, 9.17) is 14.8 Å². The number of hydrazone groups is 1. The monoisotopic (exact) mass is 333 g/mol. The molecule has 0 saturated carbocycles. The van der Waals surface area contributed by atoms with Crippen LogP contribution in [0.15, 0.2) is 64.7 Å². The summed E-state index contributed by atoms with van der Waals surface area (Å²) in [6.45, 7) is 7.15. The van der Waals surface area contributed by atoms with Gasteiger partial charge in [-0.05, 0) is 50.5 Å². The molecule has 0 aromatic heterocycles. The normalized spacial score (nSPS) is 21.2. The van der Waals surface area contributed by atoms with E-state index in [-0.39, 0.29) is 11.6 Å². The van der Waals surface area contributed by atoms with E-state index in [9.17, 15) is 0 Å². The van der Waals surface area contributed by atoms with E-state index in [0.29, 0.717) is 5.90 Å². The Kier molecular flexibility index (Phi) is 3.83. The molecule has 4 nitrogen and oxygen atoms in total. The molecule has 0 bridgehead atoms. The molecule has 1 atom stereocenters. The van der Waals surface area contributed by atoms with Gasteiger partial charge in [-0.1, -0.05) is 42.5 Å². The highest BCUT2D eigenvalue weighted by molar-refractivity contribution is 6.04. The van der Waals surface area contributed by atoms with Crippen molar-refractivity contribution in [3.63, 3.8) is 0 Å². The van der Waals surface area contributed by atoms with Crippen LogP contribution in [0.4, 0.5) is 0 Å². The Morgan fingerprint density at radius 1 is 1.04 bits per heavy atom. The van der Waals surface area contributed by atoms with Crippen LogP contribution < -0.4 is 0 Å². The van der Waals surface area contributed by atoms with E-state index in [1.807, 2.05) is 30.3 Å². The highest BCUT2D eigenvalue weighted by Gasteiger charge is 2.37. The lowest BCUT2D eigenvalue weighted by Crippen LogP contribution is -2.43. The van der Waals surface area contributed by atoms with Crippen LogP contribution in [0.1, 0.15) is 43.5 Å². The van der Waals surface area contributed by atoms with Crippen LogP contribution in [0.3, 0.4) is 0 Å². The average molecular weight is 333 g/mol. The lowest BCUT2D eigenvalue weighted by Gasteiger charge is -2.39. The van der Waals surface area contributed by atoms with Gasteiger partial charge in [-0.25, -0.2) is 4.99 Å². The second kappa shape index (κ2) is 6.03. The van der Waals surface area contributed by atoms with Crippen molar-refractivity contribution in [2.24, 2.45) is 10.1 Å². The van der Waals surface area contributed by atoms with Gasteiger partial charge < -0.3 is 4.74 Å². The SMILES string of the molecule is CC(C)(C)N=C1OC(c2ccccc2)=NN2CCc3ccccc3C12. The summed E-state index contributed by atoms with van der Waals surface area (Å²) < 4.78 is 6.23. The molecule has 2 aliphatic heterocycles. The van der Waals surface area contributed by atoms with Crippen molar-refractivity contribution in [1.29, 1.82) is 0 Å². The summed E-state index contributed by atoms with van der Waals surface area (Å²) in [6, 6.07) is 18.5. The van der Waals surface area contributed by atoms with Crippen LogP contribution in [0.5, 0.6) is 0 Å². The molecule has 1 unspecified atom stereocenters. The molecule has 0 spiro atoms. The minimum atomic E-state index is -0.216. The highest BCUT2D eigenvalue weighted by Crippen LogP contribution is 2.35. The second-order valence-corrected chi connectivity index (χ2v) is 7.51. The molecule has 2 aromatic carbocycles. The molecule has 0 amide bonds. The summed E-state index contributed by atoms with van der Waals surface area (Å²) in [4.78, 5) is 4.90. The Morgan fingerprint density at radius 2 is 1.76 bits per heavy atom. The van der Waals surface area contributed by atoms with E-state index in [2.05, 4.69) is 50.0 Å². The van der Waals surface area contributed by atoms with Gasteiger partial charge in [0.25, 0.3) is 0 Å². The molecule has 0 aliphatic carbocycles. The van der Waals surface area contributed by atoms with Gasteiger partial charge >= 0.3 is 0 Å². The van der Waals surface area contributed by atoms with Crippen molar-refractivity contribution >= 4 is 11.8 Å². The van der Waals surface area contributed by atoms with E-state index in [0.717, 1.165) is 24.4 Å². The fraction of sp³-hybridized carbons (Fsp3) is 0.333. The molecule has 2 aromatic rings. The molecule has 0 radical (unpaired) electrons. The summed E-state index contributed by atoms with van der Waals surface area (Å²) >= 11 is 0. The largest absolute Gasteiger partial charge is 0.420 e. The molecular formula is C21H23N3O. The number of ether oxygens (including phenoxy) is 1. The van der Waals surface area contributed by atoms with Crippen molar-refractivity contribution < 1.29 is 4.74 Å². The van der Waals surface area contributed by atoms with Crippen molar-refractivity contribution in [3.8, 4) is 0 Å². The third-order valence-electron chi connectivity index (χ3n) is 4.38. The van der Waals surface area contributed by atoms with Gasteiger partial charge in [0.1, 0.15) is 6.04 Å². The summed E-state index contributed by atoms with van der Waals surface area (Å²) in [6.07, 6.45) is 0.987. The molecule has 128 valence electrons. The quantitative estimate of drug-likeness (QED) is 0.785. The Bertz CT molecular complexity index is 834. The van der Waals surface area contributed by atoms with Gasteiger partial charge in [-0.15, -0.1) is 5.10 Å². The van der Waals surface area contributed by atoms with Crippen LogP contribution in [0.25, 0.3) is 0 Å². The summed E-state index contributed by atoms with van der Waals surface area (Å²) in [5, 5.41) is 6.92. The van der Waals surface area contributed by atoms with Crippen LogP contribution >= 0.6 is 0 Å². The first-order valence-corrected chi connectivity index (χ1v) is 8.77. The number of aliphatic imine (C=N–C) groups is 1. The summed E-state index contributed by atoms with van der Waals surface area (Å²) in [5.41, 5.74) is 3.35. The van der Waals surface area contributed by atoms with E-state index in [1.165, 1.54) is 11.1 Å². The molecular weight excluding hydrogens is 310 g/mol. The fourth-order valence-electron chi connectivity index (χ4n) is 3.33. The van der Waals surface area contributed by atoms with E-state index in [1.54, 1.807) is 0 Å². The third kappa shape index (κ3) is 3.16. The second-order valence-electron chi connectivity index (χ2n) is 7.51. The number of hydrogen-bond donors (Lipinski definition) is 0. The maximum absolute atomic E-state index is 6.23. The third-order valence-corrected chi connectivity index (χ3v) is 4.38. The van der Waals surface area contributed by atoms with Crippen molar-refractivity contribution in [3.05, 3.63) is 71.3 Å². The Hall–Kier alpha value is -2.62. The zero-order valence-corrected chi connectivity index (χ0v) is 14.9. The van der Waals surface area contributed by atoms with Gasteiger partial charge in [0.2, 0.25) is 11.8 Å². The first-order valence-electron chi connectivity index (χ1n) is 8.77. The van der Waals surface area contributed by atoms with E-state index < -0.39 is 0 Å². The predicted octanol–water partition coefficient (Wildman–Crippen LogP) is 4.17. The maximum atomic E-state index is 6.23. The lowest BCUT2D eigenvalue weighted by molar-refractivity contribution is 0.197. The smallest absolute Gasteiger partial charge is 0.245 e. The number of hydrogen-bond acceptors (Lipinski definition) is 4. The van der Waals surface area contributed by atoms with Crippen molar-refractivity contribution in [2.75, 3.05) is 6.54 Å². The number of fused-ring (bicyclic) bond motifs is 3. The first-order chi connectivity index (χ1) is 12.0. The molecule has 25 heavy (non-hydrogen) atoms. The molecule has 0 fully saturated rings. The van der Waals surface area contributed by atoms with Gasteiger partial charge in [0, 0.05) is 12.1 Å². The van der Waals surface area contributed by atoms with Crippen LogP contribution in [0.2, 0.25) is 0 Å². The van der Waals surface area contributed by atoms with Crippen LogP contribution in [-0.4, -0.2) is 28.9 Å². The van der Waals surface area contributed by atoms with E-state index >= 15 is 0 Å². The fourth-order valence-corrected chi connectivity index (χ4v) is 3.33. The molecule has 4 rings (SSSR count). The van der Waals surface area contributed by atoms with Crippen LogP contribution in [0, 0.1) is 0 Å². The Balaban J connectivity index is 1.83. The van der Waals surface area contributed by atoms with Gasteiger partial charge in [0.15, 0.2) is 0 Å². The van der Waals surface area contributed by atoms with Gasteiger partial charge in [-0.2, -0.15) is 0 Å². The van der Waals surface area contributed by atoms with Crippen molar-refractivity contribution in [2.45, 2.75) is 38.8 Å². The lowest BCUT2D eigenvalue weighted by atomic mass is 9.93. The summed E-state index contributed by atoms with van der Waals surface area (Å²) in [7, 11) is 0. The van der Waals surface area contributed by atoms with Gasteiger partial charge in [-0.3, -0.25) is 5.01 Å². The standard InChI is InChI=1S/C21H23N3O/c1-21(2,3)22-20-18-17-12-8-7-9-15(17)13-14-24(18)23-19(25-20)16-10-5-4-6-11-16/h4-12,18H,13-14H2,1-3H3. The molecule has 0 N–H and O–H groups in total. The van der Waals surface area contributed by atoms with Crippen LogP contribution in [-0.2, 0) is 11.2 Å². The highest BCUT2D eigenvalue weighted by atomic mass is 16.5.